The number of aliphatic carboxylic acids is 1. The fourth-order valence-electron chi connectivity index (χ4n) is 8.18. The van der Waals surface area contributed by atoms with E-state index in [1.807, 2.05) is 14.0 Å². The minimum absolute atomic E-state index is 0.193. The normalized spacial score (nSPS) is 49.2. The van der Waals surface area contributed by atoms with Crippen molar-refractivity contribution in [3.05, 3.63) is 0 Å². The number of hydrogen-bond donors (Lipinski definition) is 1. The zero-order chi connectivity index (χ0) is 18.9. The minimum atomic E-state index is -0.623. The number of likely N-dealkylation sites (tertiary alicyclic amines) is 1. The highest BCUT2D eigenvalue weighted by Crippen LogP contribution is 2.67. The molecule has 1 aliphatic heterocycles. The third kappa shape index (κ3) is 2.32. The molecule has 1 amide bonds. The molecule has 146 valence electrons. The summed E-state index contributed by atoms with van der Waals surface area (Å²) in [5.41, 5.74) is 0.446. The number of carboxylic acid groups (broad SMARTS) is 1. The molecule has 0 aromatic carbocycles. The molecule has 0 aromatic heterocycles. The van der Waals surface area contributed by atoms with Crippen LogP contribution in [0.2, 0.25) is 0 Å². The van der Waals surface area contributed by atoms with Gasteiger partial charge in [-0.25, -0.2) is 0 Å². The molecule has 0 spiro atoms. The fourth-order valence-corrected chi connectivity index (χ4v) is 8.18. The molecule has 3 unspecified atom stereocenters. The summed E-state index contributed by atoms with van der Waals surface area (Å²) in [7, 11) is 2.01. The van der Waals surface area contributed by atoms with E-state index in [4.69, 9.17) is 0 Å². The average molecular weight is 362 g/mol. The van der Waals surface area contributed by atoms with Gasteiger partial charge in [0.05, 0.1) is 5.92 Å². The smallest absolute Gasteiger partial charge is 0.306 e. The SMILES string of the molecule is C[C@@H](C(=O)O)[C@H]1CCC2C3CC[C@H]4N(C)C(=O)CC[C@]4(C)C3CC[C@@]21C. The minimum Gasteiger partial charge on any atom is -0.481 e. The predicted octanol–water partition coefficient (Wildman–Crippen LogP) is 4.19. The van der Waals surface area contributed by atoms with Gasteiger partial charge in [-0.15, -0.1) is 0 Å². The first-order chi connectivity index (χ1) is 12.2. The summed E-state index contributed by atoms with van der Waals surface area (Å²) in [4.78, 5) is 25.9. The van der Waals surface area contributed by atoms with Crippen LogP contribution in [-0.2, 0) is 9.59 Å². The van der Waals surface area contributed by atoms with Crippen LogP contribution < -0.4 is 0 Å². The second-order valence-electron chi connectivity index (χ2n) is 10.3. The molecule has 0 bridgehead atoms. The first-order valence-electron chi connectivity index (χ1n) is 10.7. The van der Waals surface area contributed by atoms with Crippen LogP contribution in [0.4, 0.5) is 0 Å². The van der Waals surface area contributed by atoms with Gasteiger partial charge in [0.1, 0.15) is 0 Å². The highest BCUT2D eigenvalue weighted by molar-refractivity contribution is 5.77. The third-order valence-electron chi connectivity index (χ3n) is 9.62. The van der Waals surface area contributed by atoms with Crippen molar-refractivity contribution in [3.63, 3.8) is 0 Å². The van der Waals surface area contributed by atoms with Crippen LogP contribution in [0.5, 0.6) is 0 Å². The lowest BCUT2D eigenvalue weighted by Gasteiger charge is -2.62. The van der Waals surface area contributed by atoms with Gasteiger partial charge in [-0.1, -0.05) is 20.8 Å². The van der Waals surface area contributed by atoms with E-state index < -0.39 is 5.97 Å². The number of rotatable bonds is 2. The van der Waals surface area contributed by atoms with E-state index in [0.717, 1.165) is 25.2 Å². The van der Waals surface area contributed by atoms with Crippen LogP contribution in [0, 0.1) is 40.4 Å². The molecule has 4 heteroatoms. The Hall–Kier alpha value is -1.06. The van der Waals surface area contributed by atoms with Gasteiger partial charge in [0.2, 0.25) is 5.91 Å². The Morgan fingerprint density at radius 2 is 1.77 bits per heavy atom. The molecule has 1 heterocycles. The van der Waals surface area contributed by atoms with Gasteiger partial charge in [-0.3, -0.25) is 9.59 Å². The van der Waals surface area contributed by atoms with Gasteiger partial charge < -0.3 is 10.0 Å². The Kier molecular flexibility index (Phi) is 4.20. The van der Waals surface area contributed by atoms with Crippen molar-refractivity contribution in [3.8, 4) is 0 Å². The van der Waals surface area contributed by atoms with Crippen molar-refractivity contribution < 1.29 is 14.7 Å². The van der Waals surface area contributed by atoms with Gasteiger partial charge in [0.25, 0.3) is 0 Å². The lowest BCUT2D eigenvalue weighted by atomic mass is 9.46. The first-order valence-corrected chi connectivity index (χ1v) is 10.7. The Bertz CT molecular complexity index is 619. The Morgan fingerprint density at radius 1 is 1.08 bits per heavy atom. The molecule has 1 N–H and O–H groups in total. The number of carbonyl (C=O) groups is 2. The number of fused-ring (bicyclic) bond motifs is 5. The molecule has 8 atom stereocenters. The lowest BCUT2D eigenvalue weighted by Crippen LogP contribution is -2.61. The second kappa shape index (κ2) is 5.97. The van der Waals surface area contributed by atoms with Gasteiger partial charge in [-0.05, 0) is 79.4 Å². The van der Waals surface area contributed by atoms with E-state index in [1.165, 1.54) is 25.7 Å². The summed E-state index contributed by atoms with van der Waals surface area (Å²) in [6.45, 7) is 6.77. The molecule has 0 radical (unpaired) electrons. The summed E-state index contributed by atoms with van der Waals surface area (Å²) in [6.07, 6.45) is 8.76. The van der Waals surface area contributed by atoms with Crippen molar-refractivity contribution in [2.75, 3.05) is 7.05 Å². The maximum absolute atomic E-state index is 12.2. The first kappa shape index (κ1) is 18.3. The molecule has 1 saturated heterocycles. The van der Waals surface area contributed by atoms with Gasteiger partial charge in [0.15, 0.2) is 0 Å². The molecule has 26 heavy (non-hydrogen) atoms. The molecule has 4 rings (SSSR count). The number of piperidine rings is 1. The van der Waals surface area contributed by atoms with E-state index in [0.29, 0.717) is 36.1 Å². The zero-order valence-electron chi connectivity index (χ0n) is 16.8. The molecule has 4 fully saturated rings. The van der Waals surface area contributed by atoms with Crippen molar-refractivity contribution in [2.45, 2.75) is 78.2 Å². The number of carbonyl (C=O) groups excluding carboxylic acids is 1. The van der Waals surface area contributed by atoms with Crippen molar-refractivity contribution in [1.29, 1.82) is 0 Å². The molecule has 3 aliphatic carbocycles. The predicted molar refractivity (Wildman–Crippen MR) is 100 cm³/mol. The van der Waals surface area contributed by atoms with Crippen molar-refractivity contribution >= 4 is 11.9 Å². The molecular formula is C22H35NO3. The summed E-state index contributed by atoms with van der Waals surface area (Å²) in [5, 5.41) is 9.59. The van der Waals surface area contributed by atoms with Gasteiger partial charge in [0, 0.05) is 19.5 Å². The van der Waals surface area contributed by atoms with Crippen LogP contribution in [0.3, 0.4) is 0 Å². The highest BCUT2D eigenvalue weighted by Gasteiger charge is 2.61. The Labute approximate surface area is 157 Å². The zero-order valence-corrected chi connectivity index (χ0v) is 16.8. The van der Waals surface area contributed by atoms with Crippen LogP contribution in [0.25, 0.3) is 0 Å². The molecular weight excluding hydrogens is 326 g/mol. The third-order valence-corrected chi connectivity index (χ3v) is 9.62. The van der Waals surface area contributed by atoms with Crippen LogP contribution in [0.15, 0.2) is 0 Å². The molecule has 4 nitrogen and oxygen atoms in total. The lowest BCUT2D eigenvalue weighted by molar-refractivity contribution is -0.160. The second-order valence-corrected chi connectivity index (χ2v) is 10.3. The summed E-state index contributed by atoms with van der Waals surface area (Å²) >= 11 is 0. The molecule has 4 aliphatic rings. The van der Waals surface area contributed by atoms with Crippen molar-refractivity contribution in [2.24, 2.45) is 40.4 Å². The maximum Gasteiger partial charge on any atom is 0.306 e. The van der Waals surface area contributed by atoms with E-state index in [-0.39, 0.29) is 16.7 Å². The summed E-state index contributed by atoms with van der Waals surface area (Å²) in [5.74, 6) is 1.90. The summed E-state index contributed by atoms with van der Waals surface area (Å²) in [6, 6.07) is 0.407. The molecule has 0 aromatic rings. The number of amides is 1. The largest absolute Gasteiger partial charge is 0.481 e. The van der Waals surface area contributed by atoms with Crippen LogP contribution >= 0.6 is 0 Å². The highest BCUT2D eigenvalue weighted by atomic mass is 16.4. The van der Waals surface area contributed by atoms with Crippen molar-refractivity contribution in [1.82, 2.24) is 4.90 Å². The average Bonchev–Trinajstić information content (AvgIpc) is 2.95. The van der Waals surface area contributed by atoms with Gasteiger partial charge in [-0.2, -0.15) is 0 Å². The standard InChI is InChI=1S/C22H35NO3/c1-13(20(25)26)15-6-7-16-14-5-8-18-22(3,12-10-19(24)23(18)4)17(14)9-11-21(15,16)2/h13-18H,5-12H2,1-4H3,(H,25,26)/t13-,14?,15-,16?,17?,18-,21-,22-/m1/s1. The van der Waals surface area contributed by atoms with Crippen LogP contribution in [-0.4, -0.2) is 35.0 Å². The van der Waals surface area contributed by atoms with E-state index in [2.05, 4.69) is 18.7 Å². The monoisotopic (exact) mass is 361 g/mol. The van der Waals surface area contributed by atoms with E-state index >= 15 is 0 Å². The maximum atomic E-state index is 12.2. The number of hydrogen-bond acceptors (Lipinski definition) is 2. The Balaban J connectivity index is 1.61. The molecule has 3 saturated carbocycles. The van der Waals surface area contributed by atoms with E-state index in [9.17, 15) is 14.7 Å². The van der Waals surface area contributed by atoms with E-state index in [1.54, 1.807) is 0 Å². The van der Waals surface area contributed by atoms with Gasteiger partial charge >= 0.3 is 5.97 Å². The number of nitrogens with zero attached hydrogens (tertiary/aromatic N) is 1. The number of carboxylic acids is 1. The topological polar surface area (TPSA) is 57.6 Å². The quantitative estimate of drug-likeness (QED) is 0.802. The van der Waals surface area contributed by atoms with Crippen LogP contribution in [0.1, 0.15) is 72.1 Å². The Morgan fingerprint density at radius 3 is 2.46 bits per heavy atom. The summed E-state index contributed by atoms with van der Waals surface area (Å²) < 4.78 is 0. The fraction of sp³-hybridized carbons (Fsp3) is 0.909.